The molecule has 2 heterocycles. The summed E-state index contributed by atoms with van der Waals surface area (Å²) in [7, 11) is 0. The summed E-state index contributed by atoms with van der Waals surface area (Å²) >= 11 is 0. The van der Waals surface area contributed by atoms with Crippen LogP contribution < -0.4 is 4.90 Å². The SMILES string of the molecule is CCN1\C(=C/C=C/C=C/C2=[N+](CCCCCC(=O)O)c3ccc4ccccc4c3C2(C)C)C(C)(C)c2c1ccc1ccccc21. The lowest BCUT2D eigenvalue weighted by Gasteiger charge is -2.26. The number of unbranched alkanes of at least 4 members (excludes halogenated alkanes) is 2. The fourth-order valence-electron chi connectivity index (χ4n) is 7.73. The number of carboxylic acid groups (broad SMARTS) is 1. The van der Waals surface area contributed by atoms with Crippen LogP contribution in [0.2, 0.25) is 0 Å². The van der Waals surface area contributed by atoms with E-state index in [1.165, 1.54) is 55.5 Å². The Bertz CT molecular complexity index is 1900. The molecule has 0 saturated carbocycles. The number of fused-ring (bicyclic) bond motifs is 6. The van der Waals surface area contributed by atoms with Crippen LogP contribution in [0.25, 0.3) is 21.5 Å². The summed E-state index contributed by atoms with van der Waals surface area (Å²) in [5.41, 5.74) is 7.66. The maximum absolute atomic E-state index is 11.0. The maximum atomic E-state index is 11.0. The van der Waals surface area contributed by atoms with E-state index < -0.39 is 5.97 Å². The highest BCUT2D eigenvalue weighted by molar-refractivity contribution is 6.07. The van der Waals surface area contributed by atoms with Crippen LogP contribution in [0.15, 0.2) is 109 Å². The molecule has 0 bridgehead atoms. The second kappa shape index (κ2) is 12.2. The number of hydrogen-bond acceptors (Lipinski definition) is 2. The highest BCUT2D eigenvalue weighted by Gasteiger charge is 2.45. The van der Waals surface area contributed by atoms with Crippen molar-refractivity contribution < 1.29 is 14.5 Å². The summed E-state index contributed by atoms with van der Waals surface area (Å²) in [6.07, 6.45) is 13.9. The van der Waals surface area contributed by atoms with E-state index in [1.807, 2.05) is 0 Å². The number of nitrogens with zero attached hydrogens (tertiary/aromatic N) is 2. The summed E-state index contributed by atoms with van der Waals surface area (Å²) in [4.78, 5) is 13.5. The van der Waals surface area contributed by atoms with Crippen LogP contribution in [0.5, 0.6) is 0 Å². The van der Waals surface area contributed by atoms with Gasteiger partial charge in [0.2, 0.25) is 5.69 Å². The summed E-state index contributed by atoms with van der Waals surface area (Å²) in [6, 6.07) is 26.4. The topological polar surface area (TPSA) is 43.5 Å². The van der Waals surface area contributed by atoms with Gasteiger partial charge in [-0.15, -0.1) is 0 Å². The van der Waals surface area contributed by atoms with Gasteiger partial charge in [-0.3, -0.25) is 4.79 Å². The molecule has 4 heteroatoms. The Kier molecular flexibility index (Phi) is 8.26. The first-order valence-corrected chi connectivity index (χ1v) is 16.4. The molecule has 45 heavy (non-hydrogen) atoms. The van der Waals surface area contributed by atoms with Crippen molar-refractivity contribution in [3.8, 4) is 0 Å². The molecular formula is C41H45N2O2+. The van der Waals surface area contributed by atoms with Crippen LogP contribution >= 0.6 is 0 Å². The third-order valence-corrected chi connectivity index (χ3v) is 9.83. The van der Waals surface area contributed by atoms with Gasteiger partial charge in [0.15, 0.2) is 5.71 Å². The zero-order valence-corrected chi connectivity index (χ0v) is 27.3. The Labute approximate surface area is 267 Å². The highest BCUT2D eigenvalue weighted by atomic mass is 16.4. The van der Waals surface area contributed by atoms with Gasteiger partial charge in [-0.25, -0.2) is 0 Å². The summed E-state index contributed by atoms with van der Waals surface area (Å²) in [5, 5.41) is 14.3. The van der Waals surface area contributed by atoms with Gasteiger partial charge in [0, 0.05) is 53.9 Å². The van der Waals surface area contributed by atoms with Crippen molar-refractivity contribution in [2.45, 2.75) is 71.1 Å². The molecule has 2 aliphatic heterocycles. The van der Waals surface area contributed by atoms with Gasteiger partial charge in [-0.2, -0.15) is 4.58 Å². The Morgan fingerprint density at radius 1 is 0.778 bits per heavy atom. The van der Waals surface area contributed by atoms with E-state index in [2.05, 4.69) is 147 Å². The zero-order chi connectivity index (χ0) is 31.8. The van der Waals surface area contributed by atoms with E-state index in [0.29, 0.717) is 6.42 Å². The summed E-state index contributed by atoms with van der Waals surface area (Å²) < 4.78 is 2.46. The van der Waals surface area contributed by atoms with Crippen molar-refractivity contribution in [2.24, 2.45) is 0 Å². The third kappa shape index (κ3) is 5.41. The van der Waals surface area contributed by atoms with Gasteiger partial charge >= 0.3 is 5.97 Å². The fourth-order valence-corrected chi connectivity index (χ4v) is 7.73. The monoisotopic (exact) mass is 597 g/mol. The number of hydrogen-bond donors (Lipinski definition) is 1. The molecule has 0 aliphatic carbocycles. The molecule has 0 spiro atoms. The van der Waals surface area contributed by atoms with E-state index >= 15 is 0 Å². The van der Waals surface area contributed by atoms with Crippen molar-refractivity contribution >= 4 is 44.6 Å². The van der Waals surface area contributed by atoms with Crippen molar-refractivity contribution in [3.63, 3.8) is 0 Å². The highest BCUT2D eigenvalue weighted by Crippen LogP contribution is 2.50. The van der Waals surface area contributed by atoms with E-state index in [9.17, 15) is 4.79 Å². The van der Waals surface area contributed by atoms with Crippen LogP contribution in [-0.4, -0.2) is 34.5 Å². The van der Waals surface area contributed by atoms with E-state index in [4.69, 9.17) is 5.11 Å². The van der Waals surface area contributed by atoms with Crippen LogP contribution in [0.3, 0.4) is 0 Å². The van der Waals surface area contributed by atoms with Gasteiger partial charge in [0.05, 0.1) is 5.41 Å². The normalized spacial score (nSPS) is 17.8. The molecule has 1 N–H and O–H groups in total. The lowest BCUT2D eigenvalue weighted by Crippen LogP contribution is -2.28. The van der Waals surface area contributed by atoms with E-state index in [1.54, 1.807) is 0 Å². The first-order valence-electron chi connectivity index (χ1n) is 16.4. The van der Waals surface area contributed by atoms with Crippen LogP contribution in [0, 0.1) is 0 Å². The number of carbonyl (C=O) groups is 1. The molecular weight excluding hydrogens is 552 g/mol. The van der Waals surface area contributed by atoms with Gasteiger partial charge in [-0.05, 0) is 78.9 Å². The van der Waals surface area contributed by atoms with Crippen molar-refractivity contribution in [1.82, 2.24) is 0 Å². The first kappa shape index (κ1) is 30.6. The fraction of sp³-hybridized carbons (Fsp3) is 0.317. The largest absolute Gasteiger partial charge is 0.481 e. The van der Waals surface area contributed by atoms with Gasteiger partial charge < -0.3 is 10.0 Å². The van der Waals surface area contributed by atoms with Gasteiger partial charge in [0.25, 0.3) is 0 Å². The summed E-state index contributed by atoms with van der Waals surface area (Å²) in [5.74, 6) is -0.716. The minimum Gasteiger partial charge on any atom is -0.481 e. The van der Waals surface area contributed by atoms with Crippen molar-refractivity contribution in [2.75, 3.05) is 18.0 Å². The van der Waals surface area contributed by atoms with E-state index in [0.717, 1.165) is 25.9 Å². The predicted molar refractivity (Wildman–Crippen MR) is 189 cm³/mol. The van der Waals surface area contributed by atoms with E-state index in [-0.39, 0.29) is 17.3 Å². The second-order valence-corrected chi connectivity index (χ2v) is 13.4. The van der Waals surface area contributed by atoms with Crippen LogP contribution in [0.1, 0.15) is 71.4 Å². The van der Waals surface area contributed by atoms with Gasteiger partial charge in [0.1, 0.15) is 6.54 Å². The van der Waals surface area contributed by atoms with Crippen LogP contribution in [-0.2, 0) is 15.6 Å². The maximum Gasteiger partial charge on any atom is 0.303 e. The molecule has 0 radical (unpaired) electrons. The van der Waals surface area contributed by atoms with Crippen molar-refractivity contribution in [1.29, 1.82) is 0 Å². The molecule has 0 unspecified atom stereocenters. The number of rotatable bonds is 10. The lowest BCUT2D eigenvalue weighted by atomic mass is 9.79. The number of likely N-dealkylation sites (N-methyl/N-ethyl adjacent to an activating group) is 1. The molecule has 2 aliphatic rings. The molecule has 0 saturated heterocycles. The Morgan fingerprint density at radius 3 is 2.13 bits per heavy atom. The van der Waals surface area contributed by atoms with Crippen molar-refractivity contribution in [3.05, 3.63) is 120 Å². The molecule has 4 aromatic rings. The smallest absolute Gasteiger partial charge is 0.303 e. The third-order valence-electron chi connectivity index (χ3n) is 9.83. The molecule has 0 amide bonds. The lowest BCUT2D eigenvalue weighted by molar-refractivity contribution is -0.438. The number of allylic oxidation sites excluding steroid dienone is 6. The minimum absolute atomic E-state index is 0.109. The molecule has 0 aromatic heterocycles. The number of benzene rings is 4. The minimum atomic E-state index is -0.716. The first-order chi connectivity index (χ1) is 21.7. The predicted octanol–water partition coefficient (Wildman–Crippen LogP) is 9.83. The Balaban J connectivity index is 1.31. The second-order valence-electron chi connectivity index (χ2n) is 13.4. The number of aliphatic carboxylic acids is 1. The van der Waals surface area contributed by atoms with Crippen LogP contribution in [0.4, 0.5) is 11.4 Å². The van der Waals surface area contributed by atoms with Gasteiger partial charge in [-0.1, -0.05) is 86.7 Å². The molecule has 4 nitrogen and oxygen atoms in total. The molecule has 4 aromatic carbocycles. The number of anilines is 1. The molecule has 6 rings (SSSR count). The molecule has 0 fully saturated rings. The average Bonchev–Trinajstić information content (AvgIpc) is 3.38. The molecule has 230 valence electrons. The molecule has 0 atom stereocenters. The zero-order valence-electron chi connectivity index (χ0n) is 27.3. The Morgan fingerprint density at radius 2 is 1.44 bits per heavy atom. The standard InChI is InChI=1S/C41H44N2O2/c1-6-42-33-26-24-29-17-12-14-19-31(29)38(33)40(2,3)35(42)21-9-7-10-22-36-41(4,5)39-32-20-15-13-18-30(32)25-27-34(39)43(36)28-16-8-11-23-37(44)45/h7,9-10,12-15,17-22,24-27H,6,8,11,16,23,28H2,1-5H3/p+1. The quantitative estimate of drug-likeness (QED) is 0.112. The Hall–Kier alpha value is -4.44. The average molecular weight is 598 g/mol. The summed E-state index contributed by atoms with van der Waals surface area (Å²) in [6.45, 7) is 13.4. The number of carboxylic acids is 1.